The van der Waals surface area contributed by atoms with Crippen molar-refractivity contribution < 1.29 is 22.8 Å². The normalized spacial score (nSPS) is 11.5. The molecule has 4 aromatic rings. The molecule has 0 spiro atoms. The van der Waals surface area contributed by atoms with E-state index in [1.54, 1.807) is 12.1 Å². The maximum atomic E-state index is 13.2. The van der Waals surface area contributed by atoms with Crippen molar-refractivity contribution in [1.29, 1.82) is 0 Å². The molecule has 0 atom stereocenters. The number of rotatable bonds is 2. The van der Waals surface area contributed by atoms with Crippen LogP contribution in [0, 0.1) is 0 Å². The molecule has 0 unspecified atom stereocenters. The third-order valence-corrected chi connectivity index (χ3v) is 5.11. The Kier molecular flexibility index (Phi) is 5.42. The first-order valence-electron chi connectivity index (χ1n) is 9.24. The van der Waals surface area contributed by atoms with Crippen LogP contribution in [0.5, 0.6) is 0 Å². The van der Waals surface area contributed by atoms with Gasteiger partial charge in [-0.05, 0) is 30.3 Å². The number of hydrogen-bond acceptors (Lipinski definition) is 5. The molecule has 0 aliphatic carbocycles. The molecule has 8 nitrogen and oxygen atoms in total. The van der Waals surface area contributed by atoms with Crippen molar-refractivity contribution >= 4 is 50.9 Å². The van der Waals surface area contributed by atoms with E-state index in [1.165, 1.54) is 12.3 Å². The van der Waals surface area contributed by atoms with E-state index in [4.69, 9.17) is 17.3 Å². The number of halogens is 4. The number of carbonyl (C=O) groups is 2. The Bertz CT molecular complexity index is 1500. The van der Waals surface area contributed by atoms with Crippen molar-refractivity contribution in [3.05, 3.63) is 80.7 Å². The van der Waals surface area contributed by atoms with Crippen LogP contribution in [0.1, 0.15) is 26.3 Å². The molecule has 2 amide bonds. The number of nitrogens with zero attached hydrogens (tertiary/aromatic N) is 1. The van der Waals surface area contributed by atoms with Gasteiger partial charge >= 0.3 is 6.18 Å². The summed E-state index contributed by atoms with van der Waals surface area (Å²) in [6.45, 7) is 0. The first-order valence-corrected chi connectivity index (χ1v) is 9.61. The van der Waals surface area contributed by atoms with Crippen LogP contribution in [-0.4, -0.2) is 21.8 Å². The molecule has 0 saturated carbocycles. The Labute approximate surface area is 187 Å². The zero-order valence-electron chi connectivity index (χ0n) is 16.4. The van der Waals surface area contributed by atoms with Crippen molar-refractivity contribution in [3.63, 3.8) is 0 Å². The highest BCUT2D eigenvalue weighted by molar-refractivity contribution is 6.31. The number of para-hydroxylation sites is 1. The Morgan fingerprint density at radius 3 is 2.42 bits per heavy atom. The Morgan fingerprint density at radius 1 is 1.03 bits per heavy atom. The highest BCUT2D eigenvalue weighted by atomic mass is 35.5. The second-order valence-electron chi connectivity index (χ2n) is 6.91. The number of amides is 2. The molecule has 0 bridgehead atoms. The summed E-state index contributed by atoms with van der Waals surface area (Å²) < 4.78 is 39.5. The summed E-state index contributed by atoms with van der Waals surface area (Å²) in [5.74, 6) is -1.87. The first kappa shape index (κ1) is 22.1. The minimum atomic E-state index is -4.70. The summed E-state index contributed by atoms with van der Waals surface area (Å²) in [4.78, 5) is 44.0. The van der Waals surface area contributed by atoms with Gasteiger partial charge in [-0.2, -0.15) is 13.2 Å². The van der Waals surface area contributed by atoms with Crippen LogP contribution in [0.25, 0.3) is 21.8 Å². The molecular weight excluding hydrogens is 463 g/mol. The maximum Gasteiger partial charge on any atom is 0.418 e. The lowest BCUT2D eigenvalue weighted by Gasteiger charge is -2.12. The number of aromatic nitrogens is 2. The summed E-state index contributed by atoms with van der Waals surface area (Å²) >= 11 is 5.95. The number of pyridine rings is 2. The van der Waals surface area contributed by atoms with Gasteiger partial charge in [0.05, 0.1) is 27.8 Å². The number of nitrogens with two attached hydrogens (primary N) is 1. The number of hydrazine groups is 1. The maximum absolute atomic E-state index is 13.2. The number of alkyl halides is 3. The molecule has 5 N–H and O–H groups in total. The van der Waals surface area contributed by atoms with Gasteiger partial charge in [-0.1, -0.05) is 17.7 Å². The van der Waals surface area contributed by atoms with Gasteiger partial charge in [-0.3, -0.25) is 30.2 Å². The zero-order chi connectivity index (χ0) is 23.9. The van der Waals surface area contributed by atoms with Crippen LogP contribution in [0.4, 0.5) is 18.9 Å². The second kappa shape index (κ2) is 8.10. The lowest BCUT2D eigenvalue weighted by molar-refractivity contribution is -0.136. The molecule has 33 heavy (non-hydrogen) atoms. The van der Waals surface area contributed by atoms with Gasteiger partial charge in [-0.25, -0.2) is 0 Å². The zero-order valence-corrected chi connectivity index (χ0v) is 17.1. The van der Waals surface area contributed by atoms with Crippen molar-refractivity contribution in [3.8, 4) is 0 Å². The fourth-order valence-corrected chi connectivity index (χ4v) is 3.44. The quantitative estimate of drug-likeness (QED) is 0.330. The summed E-state index contributed by atoms with van der Waals surface area (Å²) in [5.41, 5.74) is 7.73. The van der Waals surface area contributed by atoms with Crippen molar-refractivity contribution in [2.45, 2.75) is 6.18 Å². The van der Waals surface area contributed by atoms with E-state index in [-0.39, 0.29) is 16.6 Å². The van der Waals surface area contributed by atoms with Gasteiger partial charge in [0.2, 0.25) is 5.43 Å². The predicted octanol–water partition coefficient (Wildman–Crippen LogP) is 3.41. The van der Waals surface area contributed by atoms with Gasteiger partial charge in [0.25, 0.3) is 11.8 Å². The minimum Gasteiger partial charge on any atom is -0.397 e. The number of aromatic amines is 1. The number of H-pyrrole nitrogens is 1. The molecule has 0 aliphatic heterocycles. The minimum absolute atomic E-state index is 0.0627. The predicted molar refractivity (Wildman–Crippen MR) is 116 cm³/mol. The van der Waals surface area contributed by atoms with Crippen LogP contribution in [0.15, 0.2) is 53.6 Å². The number of anilines is 1. The van der Waals surface area contributed by atoms with Crippen LogP contribution < -0.4 is 22.0 Å². The van der Waals surface area contributed by atoms with Crippen LogP contribution >= 0.6 is 11.6 Å². The second-order valence-corrected chi connectivity index (χ2v) is 7.35. The number of nitrogens with one attached hydrogen (secondary N) is 3. The van der Waals surface area contributed by atoms with Gasteiger partial charge in [0.1, 0.15) is 5.56 Å². The fourth-order valence-electron chi connectivity index (χ4n) is 3.27. The van der Waals surface area contributed by atoms with Crippen LogP contribution in [-0.2, 0) is 6.18 Å². The average Bonchev–Trinajstić information content (AvgIpc) is 2.77. The number of nitrogen functional groups attached to an aromatic ring is 1. The van der Waals surface area contributed by atoms with Gasteiger partial charge in [0.15, 0.2) is 0 Å². The number of carbonyl (C=O) groups excluding carboxylic acids is 2. The third kappa shape index (κ3) is 4.05. The molecule has 0 fully saturated rings. The van der Waals surface area contributed by atoms with E-state index in [1.807, 2.05) is 5.43 Å². The Balaban J connectivity index is 1.59. The van der Waals surface area contributed by atoms with Crippen molar-refractivity contribution in [1.82, 2.24) is 20.8 Å². The smallest absolute Gasteiger partial charge is 0.397 e. The largest absolute Gasteiger partial charge is 0.418 e. The van der Waals surface area contributed by atoms with Crippen molar-refractivity contribution in [2.75, 3.05) is 5.73 Å². The summed E-state index contributed by atoms with van der Waals surface area (Å²) in [6, 6.07) is 7.78. The standard InChI is InChI=1S/C21H13ClF3N5O3/c22-9-4-5-15-11(6-9)16(26)12(7-27-15)19(32)29-30-20(33)13-8-28-17-10(18(13)31)2-1-3-14(17)21(23,24)25/h1-8H,(H2,26,27)(H,28,31)(H,29,32)(H,30,33). The van der Waals surface area contributed by atoms with E-state index in [2.05, 4.69) is 15.4 Å². The van der Waals surface area contributed by atoms with Gasteiger partial charge < -0.3 is 10.7 Å². The first-order chi connectivity index (χ1) is 15.6. The summed E-state index contributed by atoms with van der Waals surface area (Å²) in [5, 5.41) is 0.475. The Morgan fingerprint density at radius 2 is 1.73 bits per heavy atom. The fraction of sp³-hybridized carbons (Fsp3) is 0.0476. The SMILES string of the molecule is Nc1c(C(=O)NNC(=O)c2c[nH]c3c(C(F)(F)F)cccc3c2=O)cnc2ccc(Cl)cc12. The molecule has 0 radical (unpaired) electrons. The lowest BCUT2D eigenvalue weighted by atomic mass is 10.1. The summed E-state index contributed by atoms with van der Waals surface area (Å²) in [6.07, 6.45) is -2.65. The molecule has 2 aromatic carbocycles. The van der Waals surface area contributed by atoms with Crippen molar-refractivity contribution in [2.24, 2.45) is 0 Å². The average molecular weight is 476 g/mol. The van der Waals surface area contributed by atoms with Gasteiger partial charge in [0, 0.05) is 28.2 Å². The summed E-state index contributed by atoms with van der Waals surface area (Å²) in [7, 11) is 0. The number of fused-ring (bicyclic) bond motifs is 2. The molecule has 2 aromatic heterocycles. The van der Waals surface area contributed by atoms with Crippen LogP contribution in [0.2, 0.25) is 5.02 Å². The topological polar surface area (TPSA) is 130 Å². The molecule has 2 heterocycles. The monoisotopic (exact) mass is 475 g/mol. The molecule has 12 heteroatoms. The molecule has 4 rings (SSSR count). The molecule has 0 aliphatic rings. The number of hydrogen-bond donors (Lipinski definition) is 4. The van der Waals surface area contributed by atoms with E-state index < -0.39 is 40.1 Å². The van der Waals surface area contributed by atoms with E-state index in [9.17, 15) is 27.6 Å². The highest BCUT2D eigenvalue weighted by Crippen LogP contribution is 2.33. The Hall–Kier alpha value is -4.12. The lowest BCUT2D eigenvalue weighted by Crippen LogP contribution is -2.43. The van der Waals surface area contributed by atoms with Gasteiger partial charge in [-0.15, -0.1) is 0 Å². The molecular formula is C21H13ClF3N5O3. The van der Waals surface area contributed by atoms with E-state index in [0.717, 1.165) is 24.4 Å². The third-order valence-electron chi connectivity index (χ3n) is 4.87. The van der Waals surface area contributed by atoms with E-state index in [0.29, 0.717) is 15.9 Å². The highest BCUT2D eigenvalue weighted by Gasteiger charge is 2.33. The molecule has 0 saturated heterocycles. The number of benzene rings is 2. The van der Waals surface area contributed by atoms with Crippen LogP contribution in [0.3, 0.4) is 0 Å². The van der Waals surface area contributed by atoms with E-state index >= 15 is 0 Å². The molecule has 168 valence electrons.